The first-order chi connectivity index (χ1) is 13.8. The number of halogens is 3. The molecule has 0 fully saturated rings. The summed E-state index contributed by atoms with van der Waals surface area (Å²) in [6, 6.07) is 8.72. The van der Waals surface area contributed by atoms with E-state index < -0.39 is 11.7 Å². The van der Waals surface area contributed by atoms with E-state index in [4.69, 9.17) is 10.7 Å². The molecule has 0 saturated carbocycles. The molecule has 0 aliphatic heterocycles. The average Bonchev–Trinajstić information content (AvgIpc) is 3.06. The van der Waals surface area contributed by atoms with Crippen LogP contribution in [-0.2, 0) is 6.18 Å². The van der Waals surface area contributed by atoms with Crippen LogP contribution in [0.5, 0.6) is 0 Å². The maximum atomic E-state index is 13.3. The Morgan fingerprint density at radius 2 is 1.83 bits per heavy atom. The fourth-order valence-electron chi connectivity index (χ4n) is 3.61. The molecule has 0 radical (unpaired) electrons. The molecular weight excluding hydrogens is 377 g/mol. The number of unbranched alkanes of at least 4 members (excludes halogenated alkanes) is 4. The summed E-state index contributed by atoms with van der Waals surface area (Å²) in [5.74, 6) is 0.394. The molecule has 2 aromatic heterocycles. The second-order valence-corrected chi connectivity index (χ2v) is 7.56. The number of rotatable bonds is 8. The van der Waals surface area contributed by atoms with Crippen molar-refractivity contribution < 1.29 is 13.2 Å². The molecule has 0 aliphatic carbocycles. The van der Waals surface area contributed by atoms with Gasteiger partial charge in [0.15, 0.2) is 5.65 Å². The van der Waals surface area contributed by atoms with Crippen LogP contribution in [0.4, 0.5) is 19.0 Å². The first-order valence-electron chi connectivity index (χ1n) is 10.1. The van der Waals surface area contributed by atoms with Gasteiger partial charge in [0.25, 0.3) is 0 Å². The van der Waals surface area contributed by atoms with Gasteiger partial charge in [-0.1, -0.05) is 58.1 Å². The van der Waals surface area contributed by atoms with Gasteiger partial charge < -0.3 is 5.73 Å². The summed E-state index contributed by atoms with van der Waals surface area (Å²) in [4.78, 5) is 4.70. The number of anilines is 1. The van der Waals surface area contributed by atoms with Gasteiger partial charge in [-0.25, -0.2) is 9.50 Å². The highest BCUT2D eigenvalue weighted by Gasteiger charge is 2.31. The number of nitrogens with zero attached hydrogens (tertiary/aromatic N) is 3. The molecule has 7 heteroatoms. The zero-order chi connectivity index (χ0) is 21.0. The molecule has 3 aromatic rings. The number of benzene rings is 1. The van der Waals surface area contributed by atoms with Crippen LogP contribution in [0.25, 0.3) is 16.9 Å². The predicted molar refractivity (Wildman–Crippen MR) is 110 cm³/mol. The van der Waals surface area contributed by atoms with E-state index in [1.54, 1.807) is 22.7 Å². The first-order valence-corrected chi connectivity index (χ1v) is 10.1. The number of imidazole rings is 1. The molecule has 2 N–H and O–H groups in total. The molecule has 0 amide bonds. The lowest BCUT2D eigenvalue weighted by Gasteiger charge is -2.13. The lowest BCUT2D eigenvalue weighted by atomic mass is 9.95. The third-order valence-corrected chi connectivity index (χ3v) is 5.20. The van der Waals surface area contributed by atoms with Crippen LogP contribution < -0.4 is 5.73 Å². The molecule has 1 atom stereocenters. The molecular formula is C22H27F3N4. The largest absolute Gasteiger partial charge is 0.416 e. The zero-order valence-electron chi connectivity index (χ0n) is 16.8. The molecule has 0 bridgehead atoms. The molecule has 3 rings (SSSR count). The van der Waals surface area contributed by atoms with E-state index in [2.05, 4.69) is 18.9 Å². The van der Waals surface area contributed by atoms with Crippen molar-refractivity contribution in [3.8, 4) is 11.3 Å². The van der Waals surface area contributed by atoms with E-state index in [0.29, 0.717) is 22.7 Å². The number of alkyl halides is 3. The summed E-state index contributed by atoms with van der Waals surface area (Å²) in [5, 5.41) is 4.32. The van der Waals surface area contributed by atoms with Gasteiger partial charge in [-0.3, -0.25) is 0 Å². The maximum Gasteiger partial charge on any atom is 0.416 e. The number of nitrogens with two attached hydrogens (primary N) is 1. The predicted octanol–water partition coefficient (Wildman–Crippen LogP) is 6.46. The van der Waals surface area contributed by atoms with Crippen molar-refractivity contribution in [3.05, 3.63) is 47.7 Å². The second-order valence-electron chi connectivity index (χ2n) is 7.56. The smallest absolute Gasteiger partial charge is 0.382 e. The lowest BCUT2D eigenvalue weighted by Crippen LogP contribution is -2.06. The Morgan fingerprint density at radius 3 is 2.55 bits per heavy atom. The zero-order valence-corrected chi connectivity index (χ0v) is 16.8. The van der Waals surface area contributed by atoms with Crippen molar-refractivity contribution in [2.24, 2.45) is 0 Å². The van der Waals surface area contributed by atoms with Crippen molar-refractivity contribution in [3.63, 3.8) is 0 Å². The van der Waals surface area contributed by atoms with Gasteiger partial charge in [0.2, 0.25) is 0 Å². The van der Waals surface area contributed by atoms with E-state index in [-0.39, 0.29) is 5.92 Å². The normalized spacial score (nSPS) is 13.1. The van der Waals surface area contributed by atoms with E-state index in [9.17, 15) is 13.2 Å². The van der Waals surface area contributed by atoms with Gasteiger partial charge in [0.05, 0.1) is 17.0 Å². The van der Waals surface area contributed by atoms with E-state index in [1.165, 1.54) is 25.3 Å². The van der Waals surface area contributed by atoms with Gasteiger partial charge in [0.1, 0.15) is 5.82 Å². The molecule has 0 spiro atoms. The summed E-state index contributed by atoms with van der Waals surface area (Å²) in [6.07, 6.45) is 2.34. The molecule has 156 valence electrons. The molecule has 4 nitrogen and oxygen atoms in total. The molecule has 0 aliphatic rings. The standard InChI is InChI=1S/C22H27F3N4/c1-3-4-5-6-7-9-15(2)20-21(29-19(27-20)13-12-18(26)28-29)16-10-8-11-17(14-16)22(23,24)25/h8,10-15H,3-7,9H2,1-2H3,(H2,26,28). The third-order valence-electron chi connectivity index (χ3n) is 5.20. The summed E-state index contributed by atoms with van der Waals surface area (Å²) in [7, 11) is 0. The first kappa shape index (κ1) is 21.1. The Bertz CT molecular complexity index is 962. The molecule has 1 aromatic carbocycles. The minimum Gasteiger partial charge on any atom is -0.382 e. The highest BCUT2D eigenvalue weighted by Crippen LogP contribution is 2.36. The monoisotopic (exact) mass is 404 g/mol. The fourth-order valence-corrected chi connectivity index (χ4v) is 3.61. The maximum absolute atomic E-state index is 13.3. The molecule has 29 heavy (non-hydrogen) atoms. The van der Waals surface area contributed by atoms with Crippen LogP contribution in [0.2, 0.25) is 0 Å². The Labute approximate surface area is 169 Å². The van der Waals surface area contributed by atoms with Gasteiger partial charge in [-0.15, -0.1) is 5.10 Å². The Balaban J connectivity index is 2.01. The SMILES string of the molecule is CCCCCCCC(C)c1nc2ccc(N)nn2c1-c1cccc(C(F)(F)F)c1. The van der Waals surface area contributed by atoms with Gasteiger partial charge in [0, 0.05) is 11.5 Å². The van der Waals surface area contributed by atoms with Crippen molar-refractivity contribution in [2.45, 2.75) is 64.5 Å². The van der Waals surface area contributed by atoms with Crippen LogP contribution >= 0.6 is 0 Å². The highest BCUT2D eigenvalue weighted by molar-refractivity contribution is 5.68. The fraction of sp³-hybridized carbons (Fsp3) is 0.455. The number of hydrogen-bond acceptors (Lipinski definition) is 3. The van der Waals surface area contributed by atoms with Crippen LogP contribution in [0.15, 0.2) is 36.4 Å². The number of nitrogen functional groups attached to an aromatic ring is 1. The summed E-state index contributed by atoms with van der Waals surface area (Å²) in [6.45, 7) is 4.25. The lowest BCUT2D eigenvalue weighted by molar-refractivity contribution is -0.137. The van der Waals surface area contributed by atoms with E-state index in [1.807, 2.05) is 0 Å². The van der Waals surface area contributed by atoms with E-state index >= 15 is 0 Å². The minimum absolute atomic E-state index is 0.101. The van der Waals surface area contributed by atoms with Gasteiger partial charge in [-0.2, -0.15) is 13.2 Å². The summed E-state index contributed by atoms with van der Waals surface area (Å²) < 4.78 is 41.3. The van der Waals surface area contributed by atoms with Crippen LogP contribution in [0.1, 0.15) is 69.5 Å². The second kappa shape index (κ2) is 8.84. The molecule has 1 unspecified atom stereocenters. The quantitative estimate of drug-likeness (QED) is 0.438. The number of aromatic nitrogens is 3. The molecule has 0 saturated heterocycles. The Hall–Kier alpha value is -2.57. The highest BCUT2D eigenvalue weighted by atomic mass is 19.4. The van der Waals surface area contributed by atoms with Crippen LogP contribution in [0, 0.1) is 0 Å². The van der Waals surface area contributed by atoms with Crippen LogP contribution in [0.3, 0.4) is 0 Å². The summed E-state index contributed by atoms with van der Waals surface area (Å²) >= 11 is 0. The van der Waals surface area contributed by atoms with Crippen molar-refractivity contribution in [2.75, 3.05) is 5.73 Å². The van der Waals surface area contributed by atoms with Crippen LogP contribution in [-0.4, -0.2) is 14.6 Å². The van der Waals surface area contributed by atoms with Crippen molar-refractivity contribution in [1.82, 2.24) is 14.6 Å². The summed E-state index contributed by atoms with van der Waals surface area (Å²) in [5.41, 5.74) is 7.52. The minimum atomic E-state index is -4.41. The number of hydrogen-bond donors (Lipinski definition) is 1. The van der Waals surface area contributed by atoms with Crippen molar-refractivity contribution in [1.29, 1.82) is 0 Å². The van der Waals surface area contributed by atoms with E-state index in [0.717, 1.165) is 37.1 Å². The Morgan fingerprint density at radius 1 is 1.07 bits per heavy atom. The Kier molecular flexibility index (Phi) is 6.45. The third kappa shape index (κ3) is 4.89. The molecule has 2 heterocycles. The number of fused-ring (bicyclic) bond motifs is 1. The van der Waals surface area contributed by atoms with Crippen molar-refractivity contribution >= 4 is 11.5 Å². The van der Waals surface area contributed by atoms with Gasteiger partial charge >= 0.3 is 6.18 Å². The van der Waals surface area contributed by atoms with Gasteiger partial charge in [-0.05, 0) is 30.7 Å². The average molecular weight is 404 g/mol. The topological polar surface area (TPSA) is 56.2 Å².